The minimum absolute atomic E-state index is 0.0508. The average Bonchev–Trinajstić information content (AvgIpc) is 3.13. The molecule has 1 saturated heterocycles. The fraction of sp³-hybridized carbons (Fsp3) is 0.296. The Morgan fingerprint density at radius 3 is 2.85 bits per heavy atom. The topological polar surface area (TPSA) is 51.0 Å². The summed E-state index contributed by atoms with van der Waals surface area (Å²) in [5.41, 5.74) is 6.39. The lowest BCUT2D eigenvalue weighted by atomic mass is 9.81. The van der Waals surface area contributed by atoms with Crippen molar-refractivity contribution in [1.82, 2.24) is 19.7 Å². The van der Waals surface area contributed by atoms with Crippen LogP contribution in [-0.4, -0.2) is 31.6 Å². The highest BCUT2D eigenvalue weighted by molar-refractivity contribution is 5.98. The highest BCUT2D eigenvalue weighted by Crippen LogP contribution is 2.45. The summed E-state index contributed by atoms with van der Waals surface area (Å²) in [5.74, 6) is -0.187. The van der Waals surface area contributed by atoms with Crippen molar-refractivity contribution in [2.45, 2.75) is 44.7 Å². The molecule has 2 atom stereocenters. The standard InChI is InChI=1S/C27H25FN4O/c1-16-11-19(14-20(28)12-16)26-22-15-21-6-3-7-24(25(22)30-31(26)2)32(21)27(33)18-8-9-23-17(13-18)5-4-10-29-23/h4-5,8-14,21,24H,3,6-7,15H2,1-2H3/t21-,24+/m0/s1. The number of aryl methyl sites for hydroxylation is 2. The van der Waals surface area contributed by atoms with Crippen LogP contribution in [0.2, 0.25) is 0 Å². The van der Waals surface area contributed by atoms with E-state index in [0.29, 0.717) is 5.56 Å². The molecule has 166 valence electrons. The van der Waals surface area contributed by atoms with E-state index >= 15 is 0 Å². The van der Waals surface area contributed by atoms with Crippen LogP contribution in [0.15, 0.2) is 54.7 Å². The Morgan fingerprint density at radius 2 is 2.00 bits per heavy atom. The summed E-state index contributed by atoms with van der Waals surface area (Å²) in [6, 6.07) is 14.8. The fourth-order valence-corrected chi connectivity index (χ4v) is 5.74. The van der Waals surface area contributed by atoms with E-state index in [0.717, 1.165) is 64.7 Å². The molecule has 2 aromatic heterocycles. The number of pyridine rings is 1. The van der Waals surface area contributed by atoms with Gasteiger partial charge in [-0.25, -0.2) is 4.39 Å². The van der Waals surface area contributed by atoms with Crippen LogP contribution in [0.1, 0.15) is 52.5 Å². The second-order valence-electron chi connectivity index (χ2n) is 9.28. The largest absolute Gasteiger partial charge is 0.327 e. The third kappa shape index (κ3) is 3.24. The predicted octanol–water partition coefficient (Wildman–Crippen LogP) is 5.37. The van der Waals surface area contributed by atoms with Crippen molar-refractivity contribution in [3.63, 3.8) is 0 Å². The minimum atomic E-state index is -0.237. The van der Waals surface area contributed by atoms with Crippen molar-refractivity contribution >= 4 is 16.8 Å². The van der Waals surface area contributed by atoms with Gasteiger partial charge in [0.1, 0.15) is 5.82 Å². The molecule has 33 heavy (non-hydrogen) atoms. The molecule has 0 N–H and O–H groups in total. The highest BCUT2D eigenvalue weighted by Gasteiger charge is 2.43. The van der Waals surface area contributed by atoms with E-state index in [4.69, 9.17) is 5.10 Å². The van der Waals surface area contributed by atoms with E-state index < -0.39 is 0 Å². The Morgan fingerprint density at radius 1 is 1.12 bits per heavy atom. The van der Waals surface area contributed by atoms with Gasteiger partial charge in [0.2, 0.25) is 0 Å². The molecule has 0 spiro atoms. The van der Waals surface area contributed by atoms with Crippen molar-refractivity contribution in [1.29, 1.82) is 0 Å². The Labute approximate surface area is 191 Å². The van der Waals surface area contributed by atoms with Gasteiger partial charge in [-0.1, -0.05) is 6.07 Å². The summed E-state index contributed by atoms with van der Waals surface area (Å²) in [6.45, 7) is 1.91. The SMILES string of the molecule is Cc1cc(F)cc(-c2c3c(nn2C)[C@H]2CCC[C@@H](C3)N2C(=O)c2ccc3ncccc3c2)c1. The summed E-state index contributed by atoms with van der Waals surface area (Å²) < 4.78 is 16.1. The molecule has 2 aliphatic heterocycles. The lowest BCUT2D eigenvalue weighted by Crippen LogP contribution is -2.49. The van der Waals surface area contributed by atoms with Gasteiger partial charge in [-0.2, -0.15) is 5.10 Å². The number of nitrogens with zero attached hydrogens (tertiary/aromatic N) is 4. The Kier molecular flexibility index (Phi) is 4.57. The first-order valence-corrected chi connectivity index (χ1v) is 11.5. The molecule has 4 heterocycles. The Bertz CT molecular complexity index is 1390. The van der Waals surface area contributed by atoms with Gasteiger partial charge in [-0.05, 0) is 80.6 Å². The second-order valence-corrected chi connectivity index (χ2v) is 9.28. The van der Waals surface area contributed by atoms with Crippen LogP contribution in [0.4, 0.5) is 4.39 Å². The number of fused-ring (bicyclic) bond motifs is 5. The van der Waals surface area contributed by atoms with Crippen LogP contribution in [0, 0.1) is 12.7 Å². The summed E-state index contributed by atoms with van der Waals surface area (Å²) in [7, 11) is 1.92. The number of carbonyl (C=O) groups excluding carboxylic acids is 1. The zero-order chi connectivity index (χ0) is 22.7. The van der Waals surface area contributed by atoms with E-state index in [2.05, 4.69) is 9.88 Å². The van der Waals surface area contributed by atoms with Crippen LogP contribution in [0.5, 0.6) is 0 Å². The second kappa shape index (κ2) is 7.51. The average molecular weight is 441 g/mol. The first kappa shape index (κ1) is 20.1. The van der Waals surface area contributed by atoms with Gasteiger partial charge in [-0.15, -0.1) is 0 Å². The maximum absolute atomic E-state index is 14.2. The fourth-order valence-electron chi connectivity index (χ4n) is 5.74. The van der Waals surface area contributed by atoms with Gasteiger partial charge in [0, 0.05) is 41.4 Å². The third-order valence-electron chi connectivity index (χ3n) is 7.08. The summed E-state index contributed by atoms with van der Waals surface area (Å²) in [5, 5.41) is 5.84. The van der Waals surface area contributed by atoms with E-state index in [1.807, 2.05) is 55.1 Å². The Hall–Kier alpha value is -3.54. The molecule has 0 unspecified atom stereocenters. The van der Waals surface area contributed by atoms with E-state index in [1.165, 1.54) is 0 Å². The molecule has 0 aliphatic carbocycles. The van der Waals surface area contributed by atoms with Gasteiger partial charge in [0.05, 0.1) is 22.9 Å². The van der Waals surface area contributed by atoms with Crippen LogP contribution in [0.3, 0.4) is 0 Å². The zero-order valence-electron chi connectivity index (χ0n) is 18.8. The number of piperidine rings is 1. The molecule has 2 aromatic carbocycles. The molecule has 4 aromatic rings. The monoisotopic (exact) mass is 440 g/mol. The summed E-state index contributed by atoms with van der Waals surface area (Å²) in [4.78, 5) is 20.2. The molecule has 6 rings (SSSR count). The van der Waals surface area contributed by atoms with Crippen LogP contribution in [-0.2, 0) is 13.5 Å². The zero-order valence-corrected chi connectivity index (χ0v) is 18.8. The Balaban J connectivity index is 1.42. The van der Waals surface area contributed by atoms with E-state index in [-0.39, 0.29) is 23.8 Å². The van der Waals surface area contributed by atoms with Crippen molar-refractivity contribution in [3.05, 3.63) is 82.9 Å². The van der Waals surface area contributed by atoms with Crippen molar-refractivity contribution in [2.24, 2.45) is 7.05 Å². The molecular formula is C27H25FN4O. The number of aromatic nitrogens is 3. The first-order valence-electron chi connectivity index (χ1n) is 11.5. The summed E-state index contributed by atoms with van der Waals surface area (Å²) >= 11 is 0. The number of amides is 1. The number of hydrogen-bond acceptors (Lipinski definition) is 3. The summed E-state index contributed by atoms with van der Waals surface area (Å²) in [6.07, 6.45) is 5.44. The minimum Gasteiger partial charge on any atom is -0.327 e. The van der Waals surface area contributed by atoms with Crippen LogP contribution < -0.4 is 0 Å². The van der Waals surface area contributed by atoms with Gasteiger partial charge >= 0.3 is 0 Å². The van der Waals surface area contributed by atoms with Gasteiger partial charge in [-0.3, -0.25) is 14.5 Å². The normalized spacial score (nSPS) is 19.5. The predicted molar refractivity (Wildman–Crippen MR) is 125 cm³/mol. The molecular weight excluding hydrogens is 415 g/mol. The molecule has 2 aliphatic rings. The van der Waals surface area contributed by atoms with Crippen LogP contribution in [0.25, 0.3) is 22.2 Å². The maximum Gasteiger partial charge on any atom is 0.254 e. The smallest absolute Gasteiger partial charge is 0.254 e. The van der Waals surface area contributed by atoms with Crippen LogP contribution >= 0.6 is 0 Å². The van der Waals surface area contributed by atoms with Crippen molar-refractivity contribution in [3.8, 4) is 11.3 Å². The van der Waals surface area contributed by atoms with Gasteiger partial charge in [0.25, 0.3) is 5.91 Å². The molecule has 0 radical (unpaired) electrons. The number of rotatable bonds is 2. The first-order chi connectivity index (χ1) is 16.0. The number of carbonyl (C=O) groups is 1. The van der Waals surface area contributed by atoms with E-state index in [9.17, 15) is 9.18 Å². The molecule has 2 bridgehead atoms. The molecule has 5 nitrogen and oxygen atoms in total. The molecule has 1 fully saturated rings. The maximum atomic E-state index is 14.2. The quantitative estimate of drug-likeness (QED) is 0.421. The number of hydrogen-bond donors (Lipinski definition) is 0. The number of halogens is 1. The highest BCUT2D eigenvalue weighted by atomic mass is 19.1. The van der Waals surface area contributed by atoms with Gasteiger partial charge < -0.3 is 4.90 Å². The molecule has 1 amide bonds. The third-order valence-corrected chi connectivity index (χ3v) is 7.08. The number of benzene rings is 2. The lowest BCUT2D eigenvalue weighted by molar-refractivity contribution is 0.0392. The molecule has 0 saturated carbocycles. The lowest BCUT2D eigenvalue weighted by Gasteiger charge is -2.45. The van der Waals surface area contributed by atoms with Gasteiger partial charge in [0.15, 0.2) is 0 Å². The van der Waals surface area contributed by atoms with E-state index in [1.54, 1.807) is 18.3 Å². The van der Waals surface area contributed by atoms with Crippen molar-refractivity contribution < 1.29 is 9.18 Å². The van der Waals surface area contributed by atoms with Crippen molar-refractivity contribution in [2.75, 3.05) is 0 Å². The molecule has 6 heteroatoms.